The van der Waals surface area contributed by atoms with Crippen molar-refractivity contribution >= 4 is 5.91 Å². The average Bonchev–Trinajstić information content (AvgIpc) is 3.00. The van der Waals surface area contributed by atoms with E-state index in [0.29, 0.717) is 18.2 Å². The Morgan fingerprint density at radius 1 is 1.52 bits per heavy atom. The van der Waals surface area contributed by atoms with Gasteiger partial charge in [0, 0.05) is 19.1 Å². The minimum atomic E-state index is -0.999. The number of ether oxygens (including phenoxy) is 1. The van der Waals surface area contributed by atoms with Gasteiger partial charge in [0.05, 0.1) is 25.2 Å². The van der Waals surface area contributed by atoms with Crippen LogP contribution in [0, 0.1) is 5.82 Å². The summed E-state index contributed by atoms with van der Waals surface area (Å²) in [6.45, 7) is 3.12. The Balaban J connectivity index is 1.42. The van der Waals surface area contributed by atoms with Crippen LogP contribution in [0.3, 0.4) is 0 Å². The number of nitrogens with one attached hydrogen (secondary N) is 1. The summed E-state index contributed by atoms with van der Waals surface area (Å²) in [6, 6.07) is 6.22. The number of rotatable bonds is 5. The van der Waals surface area contributed by atoms with Crippen molar-refractivity contribution in [2.24, 2.45) is 0 Å². The van der Waals surface area contributed by atoms with Crippen LogP contribution in [0.2, 0.25) is 0 Å². The Labute approximate surface area is 135 Å². The molecule has 1 amide bonds. The fraction of sp³-hybridized carbons (Fsp3) is 0.588. The maximum absolute atomic E-state index is 13.1. The van der Waals surface area contributed by atoms with E-state index in [2.05, 4.69) is 10.2 Å². The summed E-state index contributed by atoms with van der Waals surface area (Å²) in [4.78, 5) is 14.4. The minimum absolute atomic E-state index is 0.000359. The number of benzene rings is 1. The van der Waals surface area contributed by atoms with Gasteiger partial charge in [-0.15, -0.1) is 0 Å². The van der Waals surface area contributed by atoms with E-state index in [9.17, 15) is 14.3 Å². The highest BCUT2D eigenvalue weighted by molar-refractivity contribution is 5.76. The number of fused-ring (bicyclic) bond motifs is 1. The lowest BCUT2D eigenvalue weighted by molar-refractivity contribution is -0.124. The number of nitrogens with zero attached hydrogens (tertiary/aromatic N) is 1. The fourth-order valence-corrected chi connectivity index (χ4v) is 3.32. The third kappa shape index (κ3) is 4.28. The van der Waals surface area contributed by atoms with E-state index >= 15 is 0 Å². The maximum atomic E-state index is 13.1. The highest BCUT2D eigenvalue weighted by Gasteiger charge is 2.32. The highest BCUT2D eigenvalue weighted by atomic mass is 19.1. The summed E-state index contributed by atoms with van der Waals surface area (Å²) in [5.41, 5.74) is 0.411. The molecule has 3 rings (SSSR count). The van der Waals surface area contributed by atoms with E-state index in [-0.39, 0.29) is 18.4 Å². The van der Waals surface area contributed by atoms with Crippen LogP contribution < -0.4 is 5.32 Å². The van der Waals surface area contributed by atoms with Crippen molar-refractivity contribution in [1.82, 2.24) is 10.2 Å². The van der Waals surface area contributed by atoms with E-state index in [1.807, 2.05) is 0 Å². The second kappa shape index (κ2) is 7.38. The fourth-order valence-electron chi connectivity index (χ4n) is 3.32. The molecule has 2 heterocycles. The van der Waals surface area contributed by atoms with Crippen molar-refractivity contribution in [2.75, 3.05) is 26.2 Å². The minimum Gasteiger partial charge on any atom is -0.388 e. The predicted molar refractivity (Wildman–Crippen MR) is 83.3 cm³/mol. The van der Waals surface area contributed by atoms with Gasteiger partial charge in [-0.2, -0.15) is 0 Å². The Hall–Kier alpha value is -1.50. The number of carbonyl (C=O) groups excluding carboxylic acids is 1. The van der Waals surface area contributed by atoms with Crippen molar-refractivity contribution in [3.8, 4) is 0 Å². The number of carbonyl (C=O) groups is 1. The zero-order valence-electron chi connectivity index (χ0n) is 13.1. The first-order chi connectivity index (χ1) is 11.1. The van der Waals surface area contributed by atoms with Gasteiger partial charge in [0.15, 0.2) is 0 Å². The lowest BCUT2D eigenvalue weighted by atomic mass is 10.1. The molecule has 0 unspecified atom stereocenters. The van der Waals surface area contributed by atoms with Crippen LogP contribution in [0.4, 0.5) is 4.39 Å². The van der Waals surface area contributed by atoms with Crippen molar-refractivity contribution in [2.45, 2.75) is 37.5 Å². The summed E-state index contributed by atoms with van der Waals surface area (Å²) in [7, 11) is 0. The van der Waals surface area contributed by atoms with Crippen molar-refractivity contribution in [3.63, 3.8) is 0 Å². The molecule has 23 heavy (non-hydrogen) atoms. The molecular weight excluding hydrogens is 299 g/mol. The number of hydrogen-bond acceptors (Lipinski definition) is 4. The Kier molecular flexibility index (Phi) is 5.25. The molecule has 0 radical (unpaired) electrons. The van der Waals surface area contributed by atoms with Gasteiger partial charge in [-0.25, -0.2) is 4.39 Å². The number of aliphatic hydroxyl groups is 1. The van der Waals surface area contributed by atoms with Gasteiger partial charge in [0.1, 0.15) is 5.82 Å². The molecule has 126 valence electrons. The van der Waals surface area contributed by atoms with Crippen LogP contribution >= 0.6 is 0 Å². The summed E-state index contributed by atoms with van der Waals surface area (Å²) >= 11 is 0. The van der Waals surface area contributed by atoms with Crippen LogP contribution in [-0.2, 0) is 9.53 Å². The normalized spacial score (nSPS) is 25.8. The van der Waals surface area contributed by atoms with E-state index in [4.69, 9.17) is 4.74 Å². The molecule has 5 nitrogen and oxygen atoms in total. The summed E-state index contributed by atoms with van der Waals surface area (Å²) < 4.78 is 18.9. The molecule has 2 aliphatic heterocycles. The first kappa shape index (κ1) is 16.4. The predicted octanol–water partition coefficient (Wildman–Crippen LogP) is 1.23. The van der Waals surface area contributed by atoms with Gasteiger partial charge in [-0.05, 0) is 37.1 Å². The van der Waals surface area contributed by atoms with Gasteiger partial charge >= 0.3 is 0 Å². The zero-order chi connectivity index (χ0) is 16.2. The zero-order valence-corrected chi connectivity index (χ0v) is 13.1. The van der Waals surface area contributed by atoms with Crippen molar-refractivity contribution in [3.05, 3.63) is 35.6 Å². The van der Waals surface area contributed by atoms with Crippen LogP contribution in [0.5, 0.6) is 0 Å². The van der Waals surface area contributed by atoms with E-state index in [1.165, 1.54) is 31.0 Å². The van der Waals surface area contributed by atoms with Gasteiger partial charge in [-0.3, -0.25) is 9.69 Å². The summed E-state index contributed by atoms with van der Waals surface area (Å²) in [5.74, 6) is -0.674. The van der Waals surface area contributed by atoms with Crippen LogP contribution in [0.25, 0.3) is 0 Å². The van der Waals surface area contributed by atoms with Crippen molar-refractivity contribution < 1.29 is 19.0 Å². The van der Waals surface area contributed by atoms with Crippen LogP contribution in [0.1, 0.15) is 30.9 Å². The lowest BCUT2D eigenvalue weighted by Crippen LogP contribution is -2.50. The highest BCUT2D eigenvalue weighted by Crippen LogP contribution is 2.22. The largest absolute Gasteiger partial charge is 0.388 e. The van der Waals surface area contributed by atoms with E-state index < -0.39 is 11.9 Å². The molecule has 2 saturated heterocycles. The number of aliphatic hydroxyl groups excluding tert-OH is 1. The SMILES string of the molecule is O=C(C[C@H](O)c1cccc(F)c1)NC[C@@H]1CN2CCC[C@@H]2CO1. The second-order valence-electron chi connectivity index (χ2n) is 6.33. The molecule has 2 aliphatic rings. The third-order valence-electron chi connectivity index (χ3n) is 4.60. The van der Waals surface area contributed by atoms with Gasteiger partial charge in [-0.1, -0.05) is 12.1 Å². The topological polar surface area (TPSA) is 61.8 Å². The third-order valence-corrected chi connectivity index (χ3v) is 4.60. The molecule has 0 aromatic heterocycles. The molecule has 1 aromatic carbocycles. The molecule has 0 aliphatic carbocycles. The molecule has 3 atom stereocenters. The second-order valence-corrected chi connectivity index (χ2v) is 6.33. The summed E-state index contributed by atoms with van der Waals surface area (Å²) in [5, 5.41) is 12.8. The first-order valence-corrected chi connectivity index (χ1v) is 8.17. The van der Waals surface area contributed by atoms with Gasteiger partial charge in [0.2, 0.25) is 5.91 Å². The van der Waals surface area contributed by atoms with Crippen LogP contribution in [-0.4, -0.2) is 54.3 Å². The molecule has 0 spiro atoms. The van der Waals surface area contributed by atoms with E-state index in [0.717, 1.165) is 19.7 Å². The number of halogens is 1. The number of amides is 1. The monoisotopic (exact) mass is 322 g/mol. The quantitative estimate of drug-likeness (QED) is 0.856. The average molecular weight is 322 g/mol. The van der Waals surface area contributed by atoms with Crippen molar-refractivity contribution in [1.29, 1.82) is 0 Å². The molecule has 6 heteroatoms. The van der Waals surface area contributed by atoms with Crippen LogP contribution in [0.15, 0.2) is 24.3 Å². The maximum Gasteiger partial charge on any atom is 0.223 e. The van der Waals surface area contributed by atoms with Gasteiger partial charge < -0.3 is 15.2 Å². The van der Waals surface area contributed by atoms with E-state index in [1.54, 1.807) is 6.07 Å². The standard InChI is InChI=1S/C17H23FN2O3/c18-13-4-1-3-12(7-13)16(21)8-17(22)19-9-15-10-20-6-2-5-14(20)11-23-15/h1,3-4,7,14-16,21H,2,5-6,8-11H2,(H,19,22)/t14-,15-,16+/m1/s1. The molecule has 2 fully saturated rings. The smallest absolute Gasteiger partial charge is 0.223 e. The number of morpholine rings is 1. The molecule has 0 bridgehead atoms. The number of hydrogen-bond donors (Lipinski definition) is 2. The molecule has 0 saturated carbocycles. The Morgan fingerprint density at radius 2 is 2.39 bits per heavy atom. The molecule has 2 N–H and O–H groups in total. The first-order valence-electron chi connectivity index (χ1n) is 8.17. The molecular formula is C17H23FN2O3. The Morgan fingerprint density at radius 3 is 3.22 bits per heavy atom. The van der Waals surface area contributed by atoms with Gasteiger partial charge in [0.25, 0.3) is 0 Å². The molecule has 1 aromatic rings. The lowest BCUT2D eigenvalue weighted by Gasteiger charge is -2.35. The Bertz CT molecular complexity index is 554. The summed E-state index contributed by atoms with van der Waals surface area (Å²) in [6.07, 6.45) is 1.33.